The number of nitrogens with one attached hydrogen (secondary N) is 1. The van der Waals surface area contributed by atoms with Gasteiger partial charge in [0.05, 0.1) is 10.7 Å². The normalized spacial score (nSPS) is 14.5. The SMILES string of the molecule is CC(=O)C[C@H](C(=O)O)C(C)(C)SSSC(C)(C)[C@H](NC(C)=O)C(=O)O. The zero-order valence-corrected chi connectivity index (χ0v) is 17.6. The number of carbonyl (C=O) groups is 4. The van der Waals surface area contributed by atoms with Crippen molar-refractivity contribution in [1.29, 1.82) is 0 Å². The van der Waals surface area contributed by atoms with Crippen LogP contribution in [-0.4, -0.2) is 49.4 Å². The molecular formula is C15H25NO6S3. The number of aliphatic carboxylic acids is 2. The fraction of sp³-hybridized carbons (Fsp3) is 0.733. The molecule has 0 saturated heterocycles. The molecule has 7 nitrogen and oxygen atoms in total. The van der Waals surface area contributed by atoms with Gasteiger partial charge in [0.1, 0.15) is 11.8 Å². The first-order valence-corrected chi connectivity index (χ1v) is 10.9. The van der Waals surface area contributed by atoms with Crippen molar-refractivity contribution in [3.8, 4) is 0 Å². The van der Waals surface area contributed by atoms with Crippen LogP contribution < -0.4 is 5.32 Å². The minimum atomic E-state index is -1.14. The largest absolute Gasteiger partial charge is 0.481 e. The highest BCUT2D eigenvalue weighted by atomic mass is 33.5. The van der Waals surface area contributed by atoms with Crippen LogP contribution in [0.1, 0.15) is 48.0 Å². The van der Waals surface area contributed by atoms with Crippen molar-refractivity contribution >= 4 is 55.0 Å². The molecule has 144 valence electrons. The molecule has 0 aliphatic heterocycles. The molecule has 2 atom stereocenters. The van der Waals surface area contributed by atoms with E-state index < -0.39 is 39.3 Å². The van der Waals surface area contributed by atoms with Gasteiger partial charge in [-0.3, -0.25) is 9.59 Å². The zero-order chi connectivity index (χ0) is 20.0. The van der Waals surface area contributed by atoms with Crippen molar-refractivity contribution < 1.29 is 29.4 Å². The van der Waals surface area contributed by atoms with Gasteiger partial charge in [0.15, 0.2) is 0 Å². The Hall–Kier alpha value is -0.870. The summed E-state index contributed by atoms with van der Waals surface area (Å²) < 4.78 is -1.57. The van der Waals surface area contributed by atoms with Crippen LogP contribution in [0.3, 0.4) is 0 Å². The smallest absolute Gasteiger partial charge is 0.327 e. The van der Waals surface area contributed by atoms with Crippen LogP contribution in [0, 0.1) is 5.92 Å². The Balaban J connectivity index is 4.98. The number of carbonyl (C=O) groups excluding carboxylic acids is 2. The summed E-state index contributed by atoms with van der Waals surface area (Å²) in [4.78, 5) is 45.4. The van der Waals surface area contributed by atoms with Gasteiger partial charge in [0.25, 0.3) is 0 Å². The van der Waals surface area contributed by atoms with Crippen LogP contribution in [0.4, 0.5) is 0 Å². The average molecular weight is 412 g/mol. The molecule has 0 aromatic rings. The Morgan fingerprint density at radius 1 is 0.920 bits per heavy atom. The van der Waals surface area contributed by atoms with Crippen molar-refractivity contribution in [2.75, 3.05) is 0 Å². The number of Topliss-reactive ketones (excluding diaryl/α,β-unsaturated/α-hetero) is 1. The van der Waals surface area contributed by atoms with E-state index in [1.807, 2.05) is 0 Å². The number of ketones is 1. The quantitative estimate of drug-likeness (QED) is 0.441. The topological polar surface area (TPSA) is 121 Å². The molecule has 0 aliphatic rings. The van der Waals surface area contributed by atoms with E-state index in [0.717, 1.165) is 0 Å². The molecular weight excluding hydrogens is 386 g/mol. The second-order valence-electron chi connectivity index (χ2n) is 6.71. The van der Waals surface area contributed by atoms with E-state index in [9.17, 15) is 29.4 Å². The summed E-state index contributed by atoms with van der Waals surface area (Å²) in [5, 5.41) is 21.1. The number of carboxylic acids is 2. The van der Waals surface area contributed by atoms with Crippen LogP contribution in [0.15, 0.2) is 0 Å². The van der Waals surface area contributed by atoms with Crippen LogP contribution in [0.2, 0.25) is 0 Å². The second-order valence-corrected chi connectivity index (χ2v) is 11.9. The predicted molar refractivity (Wildman–Crippen MR) is 103 cm³/mol. The lowest BCUT2D eigenvalue weighted by Crippen LogP contribution is -2.51. The maximum absolute atomic E-state index is 11.5. The van der Waals surface area contributed by atoms with E-state index >= 15 is 0 Å². The van der Waals surface area contributed by atoms with Crippen molar-refractivity contribution in [3.05, 3.63) is 0 Å². The molecule has 0 unspecified atom stereocenters. The molecule has 10 heteroatoms. The van der Waals surface area contributed by atoms with Crippen molar-refractivity contribution in [1.82, 2.24) is 5.32 Å². The van der Waals surface area contributed by atoms with Gasteiger partial charge in [-0.1, -0.05) is 21.6 Å². The fourth-order valence-corrected chi connectivity index (χ4v) is 8.15. The van der Waals surface area contributed by atoms with E-state index in [2.05, 4.69) is 5.32 Å². The van der Waals surface area contributed by atoms with Crippen molar-refractivity contribution in [3.63, 3.8) is 0 Å². The van der Waals surface area contributed by atoms with Gasteiger partial charge < -0.3 is 20.3 Å². The molecule has 0 bridgehead atoms. The van der Waals surface area contributed by atoms with Crippen molar-refractivity contribution in [2.24, 2.45) is 5.92 Å². The van der Waals surface area contributed by atoms with E-state index in [0.29, 0.717) is 0 Å². The standard InChI is InChI=1S/C15H25NO6S3/c1-8(17)7-10(12(19)20)14(3,4)23-25-24-15(5,6)11(13(21)22)16-9(2)18/h10-11H,7H2,1-6H3,(H,16,18)(H,19,20)(H,21,22)/t10-,11-/m1/s1. The summed E-state index contributed by atoms with van der Waals surface area (Å²) in [7, 11) is 3.77. The average Bonchev–Trinajstić information content (AvgIpc) is 2.40. The summed E-state index contributed by atoms with van der Waals surface area (Å²) in [5.41, 5.74) is 0. The monoisotopic (exact) mass is 411 g/mol. The third-order valence-electron chi connectivity index (χ3n) is 3.42. The van der Waals surface area contributed by atoms with Gasteiger partial charge in [0.2, 0.25) is 5.91 Å². The predicted octanol–water partition coefficient (Wildman–Crippen LogP) is 2.84. The third-order valence-corrected chi connectivity index (χ3v) is 9.14. The van der Waals surface area contributed by atoms with Gasteiger partial charge in [-0.25, -0.2) is 4.79 Å². The Labute approximate surface area is 159 Å². The molecule has 0 aliphatic carbocycles. The Morgan fingerprint density at radius 2 is 1.40 bits per heavy atom. The third kappa shape index (κ3) is 8.37. The lowest BCUT2D eigenvalue weighted by molar-refractivity contribution is -0.144. The van der Waals surface area contributed by atoms with Gasteiger partial charge in [-0.15, -0.1) is 0 Å². The number of hydrogen-bond donors (Lipinski definition) is 3. The summed E-state index contributed by atoms with van der Waals surface area (Å²) in [6, 6.07) is -1.08. The number of amides is 1. The Kier molecular flexibility index (Phi) is 9.39. The maximum Gasteiger partial charge on any atom is 0.327 e. The highest BCUT2D eigenvalue weighted by Gasteiger charge is 2.40. The van der Waals surface area contributed by atoms with Crippen LogP contribution in [-0.2, 0) is 19.2 Å². The summed E-state index contributed by atoms with van der Waals surface area (Å²) in [5.74, 6) is -3.67. The Bertz CT molecular complexity index is 489. The second kappa shape index (κ2) is 9.72. The lowest BCUT2D eigenvalue weighted by atomic mass is 9.90. The molecule has 0 radical (unpaired) electrons. The van der Waals surface area contributed by atoms with Gasteiger partial charge in [-0.05, 0) is 44.4 Å². The molecule has 3 N–H and O–H groups in total. The molecule has 1 amide bonds. The highest BCUT2D eigenvalue weighted by molar-refractivity contribution is 9.09. The molecule has 0 fully saturated rings. The van der Waals surface area contributed by atoms with Gasteiger partial charge in [-0.2, -0.15) is 0 Å². The molecule has 0 heterocycles. The van der Waals surface area contributed by atoms with E-state index in [1.54, 1.807) is 27.7 Å². The number of rotatable bonds is 11. The summed E-state index contributed by atoms with van der Waals surface area (Å²) in [6.45, 7) is 9.47. The Morgan fingerprint density at radius 3 is 1.76 bits per heavy atom. The van der Waals surface area contributed by atoms with Crippen molar-refractivity contribution in [2.45, 2.75) is 63.5 Å². The van der Waals surface area contributed by atoms with E-state index in [1.165, 1.54) is 45.3 Å². The molecule has 25 heavy (non-hydrogen) atoms. The minimum Gasteiger partial charge on any atom is -0.481 e. The first-order valence-electron chi connectivity index (χ1n) is 7.46. The summed E-state index contributed by atoms with van der Waals surface area (Å²) in [6.07, 6.45) is -0.0619. The highest BCUT2D eigenvalue weighted by Crippen LogP contribution is 2.52. The molecule has 0 aromatic heterocycles. The zero-order valence-electron chi connectivity index (χ0n) is 15.1. The van der Waals surface area contributed by atoms with Gasteiger partial charge >= 0.3 is 11.9 Å². The molecule has 0 spiro atoms. The molecule has 0 saturated carbocycles. The minimum absolute atomic E-state index is 0.0619. The van der Waals surface area contributed by atoms with Crippen LogP contribution in [0.5, 0.6) is 0 Å². The first kappa shape index (κ1) is 24.1. The van der Waals surface area contributed by atoms with Crippen LogP contribution in [0.25, 0.3) is 0 Å². The first-order chi connectivity index (χ1) is 11.2. The summed E-state index contributed by atoms with van der Waals surface area (Å²) >= 11 is 0. The van der Waals surface area contributed by atoms with Gasteiger partial charge in [0, 0.05) is 18.1 Å². The van der Waals surface area contributed by atoms with Crippen LogP contribution >= 0.6 is 31.4 Å². The fourth-order valence-electron chi connectivity index (χ4n) is 1.95. The number of carboxylic acid groups (broad SMARTS) is 2. The maximum atomic E-state index is 11.5. The number of hydrogen-bond acceptors (Lipinski definition) is 7. The van der Waals surface area contributed by atoms with E-state index in [4.69, 9.17) is 0 Å². The molecule has 0 aromatic carbocycles. The molecule has 0 rings (SSSR count). The lowest BCUT2D eigenvalue weighted by Gasteiger charge is -2.33. The van der Waals surface area contributed by atoms with E-state index in [-0.39, 0.29) is 12.2 Å².